The monoisotopic (exact) mass is 220 g/mol. The predicted molar refractivity (Wildman–Crippen MR) is 63.0 cm³/mol. The fourth-order valence-corrected chi connectivity index (χ4v) is 1.26. The lowest BCUT2D eigenvalue weighted by Crippen LogP contribution is -2.22. The van der Waals surface area contributed by atoms with Gasteiger partial charge in [-0.3, -0.25) is 9.59 Å². The number of nitrogens with one attached hydrogen (secondary N) is 2. The highest BCUT2D eigenvalue weighted by atomic mass is 16.2. The summed E-state index contributed by atoms with van der Waals surface area (Å²) in [5.41, 5.74) is 0.798. The standard InChI is InChI=1S/C12H16N2O2/c1-10(15)13-9-5-8-12(16)14-11-6-3-2-4-7-11/h2-4,6-7H,5,8-9H2,1H3,(H,13,15)(H,14,16). The molecule has 0 saturated carbocycles. The molecule has 4 nitrogen and oxygen atoms in total. The van der Waals surface area contributed by atoms with Crippen molar-refractivity contribution in [3.63, 3.8) is 0 Å². The third kappa shape index (κ3) is 5.14. The van der Waals surface area contributed by atoms with Crippen molar-refractivity contribution >= 4 is 17.5 Å². The molecule has 0 heterocycles. The van der Waals surface area contributed by atoms with Crippen molar-refractivity contribution in [1.29, 1.82) is 0 Å². The van der Waals surface area contributed by atoms with Crippen LogP contribution in [0.3, 0.4) is 0 Å². The molecular weight excluding hydrogens is 204 g/mol. The lowest BCUT2D eigenvalue weighted by atomic mass is 10.2. The normalized spacial score (nSPS) is 9.56. The van der Waals surface area contributed by atoms with E-state index in [1.54, 1.807) is 0 Å². The van der Waals surface area contributed by atoms with Crippen LogP contribution in [0.4, 0.5) is 5.69 Å². The zero-order valence-corrected chi connectivity index (χ0v) is 9.32. The molecule has 0 aliphatic rings. The number of hydrogen-bond acceptors (Lipinski definition) is 2. The summed E-state index contributed by atoms with van der Waals surface area (Å²) in [4.78, 5) is 22.0. The quantitative estimate of drug-likeness (QED) is 0.739. The van der Waals surface area contributed by atoms with Gasteiger partial charge in [-0.05, 0) is 18.6 Å². The maximum atomic E-state index is 11.4. The molecule has 86 valence electrons. The van der Waals surface area contributed by atoms with E-state index in [0.717, 1.165) is 5.69 Å². The van der Waals surface area contributed by atoms with Crippen LogP contribution in [0.15, 0.2) is 30.3 Å². The lowest BCUT2D eigenvalue weighted by Gasteiger charge is -2.05. The molecular formula is C12H16N2O2. The maximum absolute atomic E-state index is 11.4. The van der Waals surface area contributed by atoms with E-state index in [9.17, 15) is 9.59 Å². The smallest absolute Gasteiger partial charge is 0.224 e. The van der Waals surface area contributed by atoms with Gasteiger partial charge in [0.25, 0.3) is 0 Å². The van der Waals surface area contributed by atoms with Gasteiger partial charge in [0.2, 0.25) is 11.8 Å². The van der Waals surface area contributed by atoms with E-state index in [-0.39, 0.29) is 11.8 Å². The van der Waals surface area contributed by atoms with E-state index in [1.165, 1.54) is 6.92 Å². The topological polar surface area (TPSA) is 58.2 Å². The van der Waals surface area contributed by atoms with E-state index < -0.39 is 0 Å². The van der Waals surface area contributed by atoms with Crippen molar-refractivity contribution in [2.75, 3.05) is 11.9 Å². The molecule has 0 bridgehead atoms. The number of amides is 2. The van der Waals surface area contributed by atoms with Crippen LogP contribution in [0.1, 0.15) is 19.8 Å². The Bertz CT molecular complexity index is 349. The van der Waals surface area contributed by atoms with Crippen LogP contribution in [-0.4, -0.2) is 18.4 Å². The molecule has 0 fully saturated rings. The molecule has 2 N–H and O–H groups in total. The fourth-order valence-electron chi connectivity index (χ4n) is 1.26. The molecule has 1 aromatic rings. The zero-order chi connectivity index (χ0) is 11.8. The van der Waals surface area contributed by atoms with Crippen molar-refractivity contribution in [2.24, 2.45) is 0 Å². The van der Waals surface area contributed by atoms with Gasteiger partial charge < -0.3 is 10.6 Å². The summed E-state index contributed by atoms with van der Waals surface area (Å²) in [5, 5.41) is 5.42. The molecule has 4 heteroatoms. The largest absolute Gasteiger partial charge is 0.356 e. The van der Waals surface area contributed by atoms with Crippen LogP contribution in [0.2, 0.25) is 0 Å². The highest BCUT2D eigenvalue weighted by Gasteiger charge is 2.01. The van der Waals surface area contributed by atoms with Gasteiger partial charge in [0, 0.05) is 25.6 Å². The number of benzene rings is 1. The summed E-state index contributed by atoms with van der Waals surface area (Å²) in [6.07, 6.45) is 1.06. The molecule has 0 aliphatic carbocycles. The van der Waals surface area contributed by atoms with E-state index in [2.05, 4.69) is 10.6 Å². The van der Waals surface area contributed by atoms with Gasteiger partial charge >= 0.3 is 0 Å². The van der Waals surface area contributed by atoms with E-state index in [4.69, 9.17) is 0 Å². The Kier molecular flexibility index (Phi) is 5.05. The molecule has 1 rings (SSSR count). The highest BCUT2D eigenvalue weighted by Crippen LogP contribution is 2.05. The Labute approximate surface area is 95.0 Å². The average Bonchev–Trinajstić information content (AvgIpc) is 2.25. The van der Waals surface area contributed by atoms with Crippen molar-refractivity contribution in [3.05, 3.63) is 30.3 Å². The van der Waals surface area contributed by atoms with Crippen LogP contribution in [0.5, 0.6) is 0 Å². The number of rotatable bonds is 5. The molecule has 1 aromatic carbocycles. The van der Waals surface area contributed by atoms with Gasteiger partial charge in [-0.2, -0.15) is 0 Å². The number of anilines is 1. The van der Waals surface area contributed by atoms with Gasteiger partial charge in [-0.25, -0.2) is 0 Å². The minimum absolute atomic E-state index is 0.0310. The van der Waals surface area contributed by atoms with Crippen molar-refractivity contribution in [2.45, 2.75) is 19.8 Å². The van der Waals surface area contributed by atoms with Crippen LogP contribution in [0, 0.1) is 0 Å². The first-order valence-corrected chi connectivity index (χ1v) is 5.28. The van der Waals surface area contributed by atoms with Gasteiger partial charge in [0.15, 0.2) is 0 Å². The molecule has 0 atom stereocenters. The van der Waals surface area contributed by atoms with Crippen LogP contribution >= 0.6 is 0 Å². The zero-order valence-electron chi connectivity index (χ0n) is 9.32. The first kappa shape index (κ1) is 12.2. The number of carbonyl (C=O) groups is 2. The summed E-state index contributed by atoms with van der Waals surface area (Å²) in [5.74, 6) is -0.0972. The second kappa shape index (κ2) is 6.61. The second-order valence-electron chi connectivity index (χ2n) is 3.50. The molecule has 2 amide bonds. The van der Waals surface area contributed by atoms with E-state index >= 15 is 0 Å². The summed E-state index contributed by atoms with van der Waals surface area (Å²) in [6, 6.07) is 9.31. The molecule has 0 saturated heterocycles. The van der Waals surface area contributed by atoms with Gasteiger partial charge in [-0.1, -0.05) is 18.2 Å². The summed E-state index contributed by atoms with van der Waals surface area (Å²) in [6.45, 7) is 2.00. The van der Waals surface area contributed by atoms with Gasteiger partial charge in [0.05, 0.1) is 0 Å². The molecule has 0 unspecified atom stereocenters. The van der Waals surface area contributed by atoms with Crippen molar-refractivity contribution in [1.82, 2.24) is 5.32 Å². The third-order valence-corrected chi connectivity index (χ3v) is 2.01. The molecule has 0 aliphatic heterocycles. The predicted octanol–water partition coefficient (Wildman–Crippen LogP) is 1.54. The maximum Gasteiger partial charge on any atom is 0.224 e. The highest BCUT2D eigenvalue weighted by molar-refractivity contribution is 5.90. The van der Waals surface area contributed by atoms with Crippen molar-refractivity contribution < 1.29 is 9.59 Å². The van der Waals surface area contributed by atoms with Crippen LogP contribution in [-0.2, 0) is 9.59 Å². The minimum Gasteiger partial charge on any atom is -0.356 e. The number of para-hydroxylation sites is 1. The molecule has 16 heavy (non-hydrogen) atoms. The molecule has 0 aromatic heterocycles. The van der Waals surface area contributed by atoms with Gasteiger partial charge in [-0.15, -0.1) is 0 Å². The number of carbonyl (C=O) groups excluding carboxylic acids is 2. The Morgan fingerprint density at radius 1 is 1.19 bits per heavy atom. The summed E-state index contributed by atoms with van der Waals surface area (Å²) < 4.78 is 0. The Morgan fingerprint density at radius 3 is 2.50 bits per heavy atom. The number of hydrogen-bond donors (Lipinski definition) is 2. The average molecular weight is 220 g/mol. The Hall–Kier alpha value is -1.84. The fraction of sp³-hybridized carbons (Fsp3) is 0.333. The first-order chi connectivity index (χ1) is 7.68. The second-order valence-corrected chi connectivity index (χ2v) is 3.50. The van der Waals surface area contributed by atoms with Crippen molar-refractivity contribution in [3.8, 4) is 0 Å². The third-order valence-electron chi connectivity index (χ3n) is 2.01. The minimum atomic E-state index is -0.0662. The Morgan fingerprint density at radius 2 is 1.88 bits per heavy atom. The SMILES string of the molecule is CC(=O)NCCCC(=O)Nc1ccccc1. The summed E-state index contributed by atoms with van der Waals surface area (Å²) >= 11 is 0. The lowest BCUT2D eigenvalue weighted by molar-refractivity contribution is -0.119. The van der Waals surface area contributed by atoms with E-state index in [1.807, 2.05) is 30.3 Å². The van der Waals surface area contributed by atoms with Gasteiger partial charge in [0.1, 0.15) is 0 Å². The molecule has 0 radical (unpaired) electrons. The van der Waals surface area contributed by atoms with Crippen LogP contribution in [0.25, 0.3) is 0 Å². The molecule has 0 spiro atoms. The summed E-state index contributed by atoms with van der Waals surface area (Å²) in [7, 11) is 0. The first-order valence-electron chi connectivity index (χ1n) is 5.28. The van der Waals surface area contributed by atoms with E-state index in [0.29, 0.717) is 19.4 Å². The Balaban J connectivity index is 2.19. The van der Waals surface area contributed by atoms with Crippen LogP contribution < -0.4 is 10.6 Å².